The fourth-order valence-corrected chi connectivity index (χ4v) is 3.50. The molecule has 2 aromatic carbocycles. The van der Waals surface area contributed by atoms with Crippen LogP contribution in [0.3, 0.4) is 0 Å². The van der Waals surface area contributed by atoms with Crippen LogP contribution in [0.15, 0.2) is 54.6 Å². The van der Waals surface area contributed by atoms with E-state index >= 15 is 0 Å². The van der Waals surface area contributed by atoms with E-state index in [9.17, 15) is 4.79 Å². The molecule has 1 saturated heterocycles. The molecule has 138 valence electrons. The molecule has 0 radical (unpaired) electrons. The van der Waals surface area contributed by atoms with Crippen molar-refractivity contribution < 1.29 is 14.4 Å². The van der Waals surface area contributed by atoms with Gasteiger partial charge in [-0.3, -0.25) is 0 Å². The van der Waals surface area contributed by atoms with Crippen LogP contribution in [0.4, 0.5) is 10.5 Å². The highest BCUT2D eigenvalue weighted by Gasteiger charge is 2.28. The van der Waals surface area contributed by atoms with Crippen molar-refractivity contribution in [3.63, 3.8) is 0 Å². The van der Waals surface area contributed by atoms with Gasteiger partial charge in [0.2, 0.25) is 0 Å². The topological polar surface area (TPSA) is 46.0 Å². The minimum absolute atomic E-state index is 0.247. The number of rotatable bonds is 6. The Kier molecular flexibility index (Phi) is 6.12. The fourth-order valence-electron chi connectivity index (χ4n) is 3.50. The molecule has 1 aliphatic rings. The number of anilines is 1. The number of carbonyl (C=O) groups is 1. The van der Waals surface area contributed by atoms with Gasteiger partial charge in [-0.1, -0.05) is 30.3 Å². The maximum absolute atomic E-state index is 12.2. The monoisotopic (exact) mass is 354 g/mol. The van der Waals surface area contributed by atoms with Gasteiger partial charge in [0.1, 0.15) is 11.8 Å². The molecule has 0 aromatic heterocycles. The molecule has 1 atom stereocenters. The lowest BCUT2D eigenvalue weighted by Crippen LogP contribution is -3.11. The van der Waals surface area contributed by atoms with Gasteiger partial charge in [0.05, 0.1) is 19.6 Å². The van der Waals surface area contributed by atoms with Crippen LogP contribution in [-0.4, -0.2) is 39.8 Å². The van der Waals surface area contributed by atoms with Crippen molar-refractivity contribution in [2.75, 3.05) is 38.6 Å². The van der Waals surface area contributed by atoms with Gasteiger partial charge in [0.25, 0.3) is 0 Å². The lowest BCUT2D eigenvalue weighted by atomic mass is 10.0. The number of carbonyl (C=O) groups excluding carboxylic acids is 1. The van der Waals surface area contributed by atoms with E-state index in [-0.39, 0.29) is 6.04 Å². The Morgan fingerprint density at radius 2 is 1.73 bits per heavy atom. The number of benzene rings is 2. The van der Waals surface area contributed by atoms with Crippen LogP contribution in [0.1, 0.15) is 24.4 Å². The predicted molar refractivity (Wildman–Crippen MR) is 104 cm³/mol. The first-order valence-electron chi connectivity index (χ1n) is 9.26. The van der Waals surface area contributed by atoms with Gasteiger partial charge in [-0.05, 0) is 24.3 Å². The van der Waals surface area contributed by atoms with E-state index < -0.39 is 6.09 Å². The number of nitrogens with zero attached hydrogens (tertiary/aromatic N) is 1. The van der Waals surface area contributed by atoms with Crippen molar-refractivity contribution in [3.8, 4) is 5.75 Å². The van der Waals surface area contributed by atoms with Crippen molar-refractivity contribution in [1.29, 1.82) is 0 Å². The second-order valence-corrected chi connectivity index (χ2v) is 6.99. The van der Waals surface area contributed by atoms with Gasteiger partial charge in [-0.15, -0.1) is 0 Å². The van der Waals surface area contributed by atoms with Crippen LogP contribution >= 0.6 is 0 Å². The van der Waals surface area contributed by atoms with E-state index in [1.54, 1.807) is 12.1 Å². The van der Waals surface area contributed by atoms with E-state index in [1.807, 2.05) is 32.3 Å². The second kappa shape index (κ2) is 8.72. The number of para-hydroxylation sites is 1. The molecule has 1 fully saturated rings. The highest BCUT2D eigenvalue weighted by Crippen LogP contribution is 2.17. The quantitative estimate of drug-likeness (QED) is 0.836. The number of hydrogen-bond donors (Lipinski definition) is 2. The summed E-state index contributed by atoms with van der Waals surface area (Å²) in [7, 11) is 4.08. The molecule has 1 heterocycles. The Balaban J connectivity index is 1.65. The summed E-state index contributed by atoms with van der Waals surface area (Å²) in [5, 5.41) is 2.95. The van der Waals surface area contributed by atoms with E-state index in [2.05, 4.69) is 34.5 Å². The van der Waals surface area contributed by atoms with E-state index in [4.69, 9.17) is 4.74 Å². The van der Waals surface area contributed by atoms with Crippen molar-refractivity contribution in [1.82, 2.24) is 5.32 Å². The van der Waals surface area contributed by atoms with Crippen molar-refractivity contribution in [2.24, 2.45) is 0 Å². The lowest BCUT2D eigenvalue weighted by molar-refractivity contribution is -0.918. The third-order valence-corrected chi connectivity index (χ3v) is 4.95. The third-order valence-electron chi connectivity index (χ3n) is 4.95. The first kappa shape index (κ1) is 18.3. The lowest BCUT2D eigenvalue weighted by Gasteiger charge is -2.25. The zero-order valence-electron chi connectivity index (χ0n) is 15.6. The van der Waals surface area contributed by atoms with Crippen LogP contribution in [0, 0.1) is 0 Å². The Labute approximate surface area is 155 Å². The highest BCUT2D eigenvalue weighted by molar-refractivity contribution is 5.70. The van der Waals surface area contributed by atoms with E-state index in [0.717, 1.165) is 13.1 Å². The Morgan fingerprint density at radius 1 is 1.08 bits per heavy atom. The molecule has 1 amide bonds. The highest BCUT2D eigenvalue weighted by atomic mass is 16.6. The summed E-state index contributed by atoms with van der Waals surface area (Å²) in [4.78, 5) is 15.8. The summed E-state index contributed by atoms with van der Waals surface area (Å²) in [5.41, 5.74) is 2.44. The Bertz CT molecular complexity index is 695. The van der Waals surface area contributed by atoms with Crippen molar-refractivity contribution in [2.45, 2.75) is 18.9 Å². The molecule has 5 nitrogen and oxygen atoms in total. The van der Waals surface area contributed by atoms with E-state index in [1.165, 1.54) is 29.0 Å². The van der Waals surface area contributed by atoms with Gasteiger partial charge in [0, 0.05) is 38.2 Å². The fraction of sp³-hybridized carbons (Fsp3) is 0.381. The molecule has 0 aliphatic carbocycles. The SMILES string of the molecule is CN(C)c1ccc([C@H](CNC(=O)Oc2ccccc2)[NH+]2CCCC2)cc1. The molecule has 0 spiro atoms. The molecule has 1 aliphatic heterocycles. The first-order valence-corrected chi connectivity index (χ1v) is 9.26. The van der Waals surface area contributed by atoms with Crippen LogP contribution in [0.25, 0.3) is 0 Å². The average molecular weight is 354 g/mol. The molecule has 3 rings (SSSR count). The second-order valence-electron chi connectivity index (χ2n) is 6.99. The average Bonchev–Trinajstić information content (AvgIpc) is 3.17. The normalized spacial score (nSPS) is 15.5. The number of likely N-dealkylation sites (tertiary alicyclic amines) is 1. The molecule has 0 unspecified atom stereocenters. The zero-order chi connectivity index (χ0) is 18.4. The van der Waals surface area contributed by atoms with Crippen LogP contribution in [0.5, 0.6) is 5.75 Å². The first-order chi connectivity index (χ1) is 12.6. The largest absolute Gasteiger partial charge is 0.412 e. The molecule has 2 N–H and O–H groups in total. The van der Waals surface area contributed by atoms with Crippen LogP contribution < -0.4 is 19.9 Å². The summed E-state index contributed by atoms with van der Waals surface area (Å²) in [6.07, 6.45) is 2.09. The maximum Gasteiger partial charge on any atom is 0.412 e. The Morgan fingerprint density at radius 3 is 2.35 bits per heavy atom. The van der Waals surface area contributed by atoms with Gasteiger partial charge in [0.15, 0.2) is 0 Å². The van der Waals surface area contributed by atoms with Crippen molar-refractivity contribution >= 4 is 11.8 Å². The van der Waals surface area contributed by atoms with Gasteiger partial charge in [-0.2, -0.15) is 0 Å². The van der Waals surface area contributed by atoms with Crippen LogP contribution in [0.2, 0.25) is 0 Å². The third kappa shape index (κ3) is 4.76. The van der Waals surface area contributed by atoms with Gasteiger partial charge >= 0.3 is 6.09 Å². The molecular weight excluding hydrogens is 326 g/mol. The molecule has 2 aromatic rings. The minimum atomic E-state index is -0.398. The number of ether oxygens (including phenoxy) is 1. The molecular formula is C21H28N3O2+. The summed E-state index contributed by atoms with van der Waals surface area (Å²) >= 11 is 0. The van der Waals surface area contributed by atoms with Crippen molar-refractivity contribution in [3.05, 3.63) is 60.2 Å². The molecule has 5 heteroatoms. The van der Waals surface area contributed by atoms with Crippen LogP contribution in [-0.2, 0) is 0 Å². The summed E-state index contributed by atoms with van der Waals surface area (Å²) in [6, 6.07) is 18.0. The number of nitrogens with one attached hydrogen (secondary N) is 2. The molecule has 0 saturated carbocycles. The number of quaternary nitrogens is 1. The summed E-state index contributed by atoms with van der Waals surface area (Å²) < 4.78 is 5.35. The Hall–Kier alpha value is -2.53. The van der Waals surface area contributed by atoms with Gasteiger partial charge in [-0.25, -0.2) is 4.79 Å². The number of hydrogen-bond acceptors (Lipinski definition) is 3. The van der Waals surface area contributed by atoms with Gasteiger partial charge < -0.3 is 19.9 Å². The zero-order valence-corrected chi connectivity index (χ0v) is 15.6. The smallest absolute Gasteiger partial charge is 0.410 e. The van der Waals surface area contributed by atoms with E-state index in [0.29, 0.717) is 12.3 Å². The minimum Gasteiger partial charge on any atom is -0.410 e. The number of amides is 1. The molecule has 0 bridgehead atoms. The maximum atomic E-state index is 12.2. The summed E-state index contributed by atoms with van der Waals surface area (Å²) in [6.45, 7) is 2.87. The standard InChI is InChI=1S/C21H27N3O2/c1-23(2)18-12-10-17(11-13-18)20(24-14-6-7-15-24)16-22-21(25)26-19-8-4-3-5-9-19/h3-5,8-13,20H,6-7,14-16H2,1-2H3,(H,22,25)/p+1/t20-/m0/s1. The summed E-state index contributed by atoms with van der Waals surface area (Å²) in [5.74, 6) is 0.561. The predicted octanol–water partition coefficient (Wildman–Crippen LogP) is 2.26. The molecule has 26 heavy (non-hydrogen) atoms.